The first kappa shape index (κ1) is 13.5. The molecule has 2 amide bonds. The number of para-hydroxylation sites is 1. The summed E-state index contributed by atoms with van der Waals surface area (Å²) in [6.07, 6.45) is 0.807. The molecule has 1 aromatic rings. The van der Waals surface area contributed by atoms with Gasteiger partial charge in [0, 0.05) is 13.6 Å². The Balaban J connectivity index is 2.19. The van der Waals surface area contributed by atoms with Gasteiger partial charge in [0.15, 0.2) is 0 Å². The van der Waals surface area contributed by atoms with Crippen LogP contribution in [0.4, 0.5) is 5.69 Å². The van der Waals surface area contributed by atoms with Gasteiger partial charge in [-0.15, -0.1) is 0 Å². The van der Waals surface area contributed by atoms with Gasteiger partial charge >= 0.3 is 0 Å². The third-order valence-electron chi connectivity index (χ3n) is 3.56. The van der Waals surface area contributed by atoms with Crippen molar-refractivity contribution in [3.63, 3.8) is 0 Å². The molecule has 1 aliphatic rings. The molecule has 102 valence electrons. The number of carbonyl (C=O) groups is 2. The molecular weight excluding hydrogens is 242 g/mol. The normalized spacial score (nSPS) is 22.0. The van der Waals surface area contributed by atoms with Gasteiger partial charge in [-0.2, -0.15) is 0 Å². The minimum atomic E-state index is -0.407. The molecule has 0 aliphatic carbocycles. The molecule has 2 rings (SSSR count). The van der Waals surface area contributed by atoms with Crippen LogP contribution in [0.1, 0.15) is 23.7 Å². The van der Waals surface area contributed by atoms with Crippen LogP contribution in [-0.2, 0) is 4.79 Å². The van der Waals surface area contributed by atoms with Crippen LogP contribution in [0.5, 0.6) is 0 Å². The van der Waals surface area contributed by atoms with Crippen molar-refractivity contribution < 1.29 is 9.59 Å². The monoisotopic (exact) mass is 261 g/mol. The Morgan fingerprint density at radius 2 is 2.05 bits per heavy atom. The van der Waals surface area contributed by atoms with Crippen molar-refractivity contribution in [3.05, 3.63) is 29.8 Å². The smallest absolute Gasteiger partial charge is 0.253 e. The van der Waals surface area contributed by atoms with Crippen molar-refractivity contribution >= 4 is 17.5 Å². The van der Waals surface area contributed by atoms with Crippen LogP contribution in [0.25, 0.3) is 0 Å². The molecular formula is C14H19N3O2. The summed E-state index contributed by atoms with van der Waals surface area (Å²) in [6, 6.07) is 7.02. The Morgan fingerprint density at radius 3 is 2.68 bits per heavy atom. The Bertz CT molecular complexity index is 493. The molecule has 0 radical (unpaired) electrons. The van der Waals surface area contributed by atoms with Gasteiger partial charge in [-0.25, -0.2) is 0 Å². The van der Waals surface area contributed by atoms with E-state index in [1.54, 1.807) is 31.3 Å². The van der Waals surface area contributed by atoms with Crippen LogP contribution in [0.3, 0.4) is 0 Å². The van der Waals surface area contributed by atoms with Crippen molar-refractivity contribution in [2.24, 2.45) is 5.41 Å². The highest BCUT2D eigenvalue weighted by Crippen LogP contribution is 2.27. The topological polar surface area (TPSA) is 70.2 Å². The van der Waals surface area contributed by atoms with Crippen molar-refractivity contribution in [2.75, 3.05) is 25.5 Å². The summed E-state index contributed by atoms with van der Waals surface area (Å²) in [5, 5.41) is 8.63. The maximum atomic E-state index is 12.3. The molecule has 5 nitrogen and oxygen atoms in total. The fourth-order valence-electron chi connectivity index (χ4n) is 2.21. The van der Waals surface area contributed by atoms with E-state index in [0.29, 0.717) is 17.8 Å². The van der Waals surface area contributed by atoms with E-state index in [2.05, 4.69) is 16.0 Å². The second-order valence-electron chi connectivity index (χ2n) is 5.07. The molecule has 19 heavy (non-hydrogen) atoms. The quantitative estimate of drug-likeness (QED) is 0.759. The van der Waals surface area contributed by atoms with E-state index in [4.69, 9.17) is 0 Å². The number of hydrogen-bond donors (Lipinski definition) is 3. The summed E-state index contributed by atoms with van der Waals surface area (Å²) in [6.45, 7) is 3.45. The Morgan fingerprint density at radius 1 is 1.32 bits per heavy atom. The Labute approximate surface area is 112 Å². The van der Waals surface area contributed by atoms with E-state index in [-0.39, 0.29) is 11.8 Å². The van der Waals surface area contributed by atoms with Crippen LogP contribution in [0.15, 0.2) is 24.3 Å². The number of carbonyl (C=O) groups excluding carboxylic acids is 2. The lowest BCUT2D eigenvalue weighted by Crippen LogP contribution is -2.36. The maximum absolute atomic E-state index is 12.3. The first-order valence-electron chi connectivity index (χ1n) is 6.40. The number of nitrogens with one attached hydrogen (secondary N) is 3. The molecule has 1 aromatic carbocycles. The minimum Gasteiger partial charge on any atom is -0.355 e. The predicted octanol–water partition coefficient (Wildman–Crippen LogP) is 0.984. The van der Waals surface area contributed by atoms with Crippen LogP contribution in [0, 0.1) is 5.41 Å². The second kappa shape index (κ2) is 5.40. The van der Waals surface area contributed by atoms with Crippen molar-refractivity contribution in [1.82, 2.24) is 10.6 Å². The number of benzene rings is 1. The number of anilines is 1. The Kier molecular flexibility index (Phi) is 3.85. The zero-order valence-electron chi connectivity index (χ0n) is 11.2. The standard InChI is InChI=1S/C14H19N3O2/c1-14(7-8-16-9-14)13(19)17-11-6-4-3-5-10(11)12(18)15-2/h3-6,16H,7-9H2,1-2H3,(H,15,18)(H,17,19). The lowest BCUT2D eigenvalue weighted by Gasteiger charge is -2.22. The first-order chi connectivity index (χ1) is 9.07. The third-order valence-corrected chi connectivity index (χ3v) is 3.56. The zero-order valence-corrected chi connectivity index (χ0v) is 11.2. The van der Waals surface area contributed by atoms with Crippen molar-refractivity contribution in [1.29, 1.82) is 0 Å². The second-order valence-corrected chi connectivity index (χ2v) is 5.07. The highest BCUT2D eigenvalue weighted by molar-refractivity contribution is 6.04. The highest BCUT2D eigenvalue weighted by atomic mass is 16.2. The predicted molar refractivity (Wildman–Crippen MR) is 74.1 cm³/mol. The van der Waals surface area contributed by atoms with E-state index >= 15 is 0 Å². The van der Waals surface area contributed by atoms with Gasteiger partial charge in [-0.1, -0.05) is 12.1 Å². The van der Waals surface area contributed by atoms with Gasteiger partial charge < -0.3 is 16.0 Å². The molecule has 1 unspecified atom stereocenters. The van der Waals surface area contributed by atoms with Crippen LogP contribution in [0.2, 0.25) is 0 Å². The molecule has 1 aliphatic heterocycles. The molecule has 0 saturated carbocycles. The largest absolute Gasteiger partial charge is 0.355 e. The molecule has 1 fully saturated rings. The SMILES string of the molecule is CNC(=O)c1ccccc1NC(=O)C1(C)CCNC1. The summed E-state index contributed by atoms with van der Waals surface area (Å²) in [5.74, 6) is -0.251. The summed E-state index contributed by atoms with van der Waals surface area (Å²) >= 11 is 0. The van der Waals surface area contributed by atoms with Crippen molar-refractivity contribution in [3.8, 4) is 0 Å². The first-order valence-corrected chi connectivity index (χ1v) is 6.40. The maximum Gasteiger partial charge on any atom is 0.253 e. The number of rotatable bonds is 3. The molecule has 3 N–H and O–H groups in total. The van der Waals surface area contributed by atoms with Crippen LogP contribution < -0.4 is 16.0 Å². The van der Waals surface area contributed by atoms with Gasteiger partial charge in [-0.05, 0) is 32.0 Å². The van der Waals surface area contributed by atoms with Gasteiger partial charge in [-0.3, -0.25) is 9.59 Å². The number of hydrogen-bond acceptors (Lipinski definition) is 3. The van der Waals surface area contributed by atoms with E-state index in [1.165, 1.54) is 0 Å². The summed E-state index contributed by atoms with van der Waals surface area (Å²) in [4.78, 5) is 24.1. The van der Waals surface area contributed by atoms with Gasteiger partial charge in [0.25, 0.3) is 5.91 Å². The fraction of sp³-hybridized carbons (Fsp3) is 0.429. The van der Waals surface area contributed by atoms with Crippen LogP contribution >= 0.6 is 0 Å². The summed E-state index contributed by atoms with van der Waals surface area (Å²) < 4.78 is 0. The zero-order chi connectivity index (χ0) is 13.9. The van der Waals surface area contributed by atoms with E-state index in [1.807, 2.05) is 6.92 Å². The lowest BCUT2D eigenvalue weighted by molar-refractivity contribution is -0.123. The van der Waals surface area contributed by atoms with Crippen LogP contribution in [-0.4, -0.2) is 32.0 Å². The molecule has 0 aromatic heterocycles. The van der Waals surface area contributed by atoms with Gasteiger partial charge in [0.2, 0.25) is 5.91 Å². The Hall–Kier alpha value is -1.88. The highest BCUT2D eigenvalue weighted by Gasteiger charge is 2.36. The lowest BCUT2D eigenvalue weighted by atomic mass is 9.88. The average molecular weight is 261 g/mol. The molecule has 1 heterocycles. The van der Waals surface area contributed by atoms with E-state index in [9.17, 15) is 9.59 Å². The van der Waals surface area contributed by atoms with Gasteiger partial charge in [0.05, 0.1) is 16.7 Å². The molecule has 1 saturated heterocycles. The van der Waals surface area contributed by atoms with E-state index in [0.717, 1.165) is 13.0 Å². The van der Waals surface area contributed by atoms with Crippen molar-refractivity contribution in [2.45, 2.75) is 13.3 Å². The summed E-state index contributed by atoms with van der Waals surface area (Å²) in [7, 11) is 1.57. The van der Waals surface area contributed by atoms with Gasteiger partial charge in [0.1, 0.15) is 0 Å². The molecule has 1 atom stereocenters. The minimum absolute atomic E-state index is 0.0474. The average Bonchev–Trinajstić information content (AvgIpc) is 2.87. The third kappa shape index (κ3) is 2.76. The van der Waals surface area contributed by atoms with E-state index < -0.39 is 5.41 Å². The molecule has 0 bridgehead atoms. The molecule has 0 spiro atoms. The fourth-order valence-corrected chi connectivity index (χ4v) is 2.21. The molecule has 5 heteroatoms. The number of amides is 2. The summed E-state index contributed by atoms with van der Waals surface area (Å²) in [5.41, 5.74) is 0.628.